The summed E-state index contributed by atoms with van der Waals surface area (Å²) in [7, 11) is 3.79. The minimum atomic E-state index is -0.331. The maximum atomic E-state index is 15.3. The zero-order valence-electron chi connectivity index (χ0n) is 25.4. The summed E-state index contributed by atoms with van der Waals surface area (Å²) in [5.41, 5.74) is 5.82. The normalized spacial score (nSPS) is 18.0. The molecule has 42 heavy (non-hydrogen) atoms. The van der Waals surface area contributed by atoms with Gasteiger partial charge in [0.05, 0.1) is 13.2 Å². The lowest BCUT2D eigenvalue weighted by Crippen LogP contribution is -2.38. The van der Waals surface area contributed by atoms with Crippen molar-refractivity contribution in [3.8, 4) is 17.2 Å². The molecule has 1 heterocycles. The number of anilines is 1. The number of rotatable bonds is 11. The van der Waals surface area contributed by atoms with E-state index in [1.54, 1.807) is 25.3 Å². The number of nitrogens with zero attached hydrogens (tertiary/aromatic N) is 2. The van der Waals surface area contributed by atoms with Crippen LogP contribution < -0.4 is 14.4 Å². The first-order chi connectivity index (χ1) is 20.4. The Morgan fingerprint density at radius 3 is 2.57 bits per heavy atom. The lowest BCUT2D eigenvalue weighted by atomic mass is 9.79. The van der Waals surface area contributed by atoms with Crippen LogP contribution in [-0.4, -0.2) is 63.1 Å². The average Bonchev–Trinajstić information content (AvgIpc) is 3.02. The molecule has 6 nitrogen and oxygen atoms in total. The summed E-state index contributed by atoms with van der Waals surface area (Å²) in [6, 6.07) is 17.9. The first-order valence-electron chi connectivity index (χ1n) is 15.3. The molecule has 3 aromatic rings. The molecule has 5 rings (SSSR count). The summed E-state index contributed by atoms with van der Waals surface area (Å²) in [6.45, 7) is 7.82. The largest absolute Gasteiger partial charge is 0.508 e. The Morgan fingerprint density at radius 2 is 1.83 bits per heavy atom. The lowest BCUT2D eigenvalue weighted by molar-refractivity contribution is 0.0391. The molecule has 226 valence electrons. The first-order valence-corrected chi connectivity index (χ1v) is 15.3. The highest BCUT2D eigenvalue weighted by molar-refractivity contribution is 5.61. The fraction of sp³-hybridized carbons (Fsp3) is 0.486. The molecule has 2 aliphatic rings. The Kier molecular flexibility index (Phi) is 9.91. The molecule has 1 aliphatic carbocycles. The van der Waals surface area contributed by atoms with E-state index < -0.39 is 0 Å². The molecule has 1 fully saturated rings. The number of aromatic hydroxyl groups is 1. The van der Waals surface area contributed by atoms with Gasteiger partial charge in [0.15, 0.2) is 11.6 Å². The summed E-state index contributed by atoms with van der Waals surface area (Å²) in [4.78, 5) is 4.62. The summed E-state index contributed by atoms with van der Waals surface area (Å²) >= 11 is 0. The lowest BCUT2D eigenvalue weighted by Gasteiger charge is -2.35. The number of fused-ring (bicyclic) bond motifs is 1. The van der Waals surface area contributed by atoms with Gasteiger partial charge in [-0.2, -0.15) is 0 Å². The van der Waals surface area contributed by atoms with Crippen molar-refractivity contribution >= 4 is 5.69 Å². The summed E-state index contributed by atoms with van der Waals surface area (Å²) in [6.07, 6.45) is 4.91. The van der Waals surface area contributed by atoms with E-state index in [1.165, 1.54) is 16.7 Å². The third kappa shape index (κ3) is 6.84. The molecule has 7 heteroatoms. The van der Waals surface area contributed by atoms with Crippen LogP contribution in [0.15, 0.2) is 54.6 Å². The van der Waals surface area contributed by atoms with Gasteiger partial charge in [-0.25, -0.2) is 4.39 Å². The minimum Gasteiger partial charge on any atom is -0.508 e. The highest BCUT2D eigenvalue weighted by Crippen LogP contribution is 2.42. The quantitative estimate of drug-likeness (QED) is 0.268. The second kappa shape index (κ2) is 13.8. The van der Waals surface area contributed by atoms with Crippen molar-refractivity contribution in [2.75, 3.05) is 52.0 Å². The number of hydrogen-bond acceptors (Lipinski definition) is 6. The summed E-state index contributed by atoms with van der Waals surface area (Å²) < 4.78 is 32.3. The van der Waals surface area contributed by atoms with Gasteiger partial charge in [-0.15, -0.1) is 0 Å². The van der Waals surface area contributed by atoms with Gasteiger partial charge in [-0.3, -0.25) is 4.90 Å². The highest BCUT2D eigenvalue weighted by Gasteiger charge is 2.27. The van der Waals surface area contributed by atoms with Crippen LogP contribution in [0.1, 0.15) is 67.3 Å². The monoisotopic (exact) mass is 576 g/mol. The number of aryl methyl sites for hydroxylation is 1. The number of methoxy groups -OCH3 is 1. The molecule has 1 N–H and O–H groups in total. The standard InChI is InChI=1S/C35H45FN2O4/c1-5-38(24(2)25-9-13-35(33(36)22-25)42-19-16-37(3)29-14-17-41-18-15-29)34-23-31(40-4)11-12-32(34)28-7-6-27-21-30(39)10-8-26(27)20-28/h8-13,21-24,28-29,39H,5-7,14-20H2,1-4H3/t24?,28-/m1/s1. The van der Waals surface area contributed by atoms with Gasteiger partial charge in [0.25, 0.3) is 0 Å². The Labute approximate surface area is 250 Å². The molecule has 1 aliphatic heterocycles. The molecule has 3 aromatic carbocycles. The third-order valence-electron chi connectivity index (χ3n) is 9.17. The maximum Gasteiger partial charge on any atom is 0.165 e. The molecule has 0 bridgehead atoms. The molecule has 1 saturated heterocycles. The van der Waals surface area contributed by atoms with Crippen molar-refractivity contribution in [2.24, 2.45) is 0 Å². The molecule has 1 unspecified atom stereocenters. The van der Waals surface area contributed by atoms with E-state index in [0.717, 1.165) is 75.4 Å². The zero-order valence-corrected chi connectivity index (χ0v) is 25.4. The van der Waals surface area contributed by atoms with Gasteiger partial charge in [-0.1, -0.05) is 18.2 Å². The van der Waals surface area contributed by atoms with E-state index >= 15 is 4.39 Å². The van der Waals surface area contributed by atoms with Crippen molar-refractivity contribution < 1.29 is 23.7 Å². The number of phenols is 1. The molecular weight excluding hydrogens is 531 g/mol. The van der Waals surface area contributed by atoms with Crippen LogP contribution in [0.3, 0.4) is 0 Å². The maximum absolute atomic E-state index is 15.3. The van der Waals surface area contributed by atoms with E-state index in [4.69, 9.17) is 14.2 Å². The van der Waals surface area contributed by atoms with Crippen LogP contribution >= 0.6 is 0 Å². The van der Waals surface area contributed by atoms with Gasteiger partial charge in [0, 0.05) is 44.1 Å². The molecule has 0 aromatic heterocycles. The van der Waals surface area contributed by atoms with E-state index in [1.807, 2.05) is 18.2 Å². The number of hydrogen-bond donors (Lipinski definition) is 1. The molecule has 2 atom stereocenters. The summed E-state index contributed by atoms with van der Waals surface area (Å²) in [5.74, 6) is 1.44. The van der Waals surface area contributed by atoms with Gasteiger partial charge in [0.1, 0.15) is 18.1 Å². The Bertz CT molecular complexity index is 1340. The van der Waals surface area contributed by atoms with Crippen LogP contribution in [-0.2, 0) is 17.6 Å². The molecule has 0 spiro atoms. The van der Waals surface area contributed by atoms with E-state index in [-0.39, 0.29) is 11.9 Å². The topological polar surface area (TPSA) is 54.4 Å². The Hall–Kier alpha value is -3.29. The Balaban J connectivity index is 1.31. The molecule has 0 saturated carbocycles. The van der Waals surface area contributed by atoms with Crippen LogP contribution in [0.25, 0.3) is 0 Å². The van der Waals surface area contributed by atoms with E-state index in [9.17, 15) is 5.11 Å². The number of likely N-dealkylation sites (N-methyl/N-ethyl adjacent to an activating group) is 1. The summed E-state index contributed by atoms with van der Waals surface area (Å²) in [5, 5.41) is 9.94. The van der Waals surface area contributed by atoms with Crippen LogP contribution in [0.4, 0.5) is 10.1 Å². The number of benzene rings is 3. The fourth-order valence-corrected chi connectivity index (χ4v) is 6.59. The van der Waals surface area contributed by atoms with Crippen molar-refractivity contribution in [1.82, 2.24) is 4.90 Å². The fourth-order valence-electron chi connectivity index (χ4n) is 6.59. The average molecular weight is 577 g/mol. The second-order valence-corrected chi connectivity index (χ2v) is 11.6. The SMILES string of the molecule is CCN(c1cc(OC)ccc1[C@@H]1CCc2cc(O)ccc2C1)C(C)c1ccc(OCCN(C)C2CCOCC2)c(F)c1. The number of ether oxygens (including phenoxy) is 3. The second-order valence-electron chi connectivity index (χ2n) is 11.6. The smallest absolute Gasteiger partial charge is 0.165 e. The highest BCUT2D eigenvalue weighted by atomic mass is 19.1. The van der Waals surface area contributed by atoms with Crippen LogP contribution in [0, 0.1) is 5.82 Å². The molecule has 0 radical (unpaired) electrons. The van der Waals surface area contributed by atoms with Gasteiger partial charge < -0.3 is 24.2 Å². The predicted molar refractivity (Wildman–Crippen MR) is 166 cm³/mol. The van der Waals surface area contributed by atoms with Gasteiger partial charge >= 0.3 is 0 Å². The predicted octanol–water partition coefficient (Wildman–Crippen LogP) is 6.89. The third-order valence-corrected chi connectivity index (χ3v) is 9.17. The Morgan fingerprint density at radius 1 is 1.02 bits per heavy atom. The van der Waals surface area contributed by atoms with Crippen molar-refractivity contribution in [1.29, 1.82) is 0 Å². The first kappa shape index (κ1) is 30.2. The molecular formula is C35H45FN2O4. The van der Waals surface area contributed by atoms with Gasteiger partial charge in [-0.05, 0) is 112 Å². The van der Waals surface area contributed by atoms with Crippen molar-refractivity contribution in [2.45, 2.75) is 64.0 Å². The minimum absolute atomic E-state index is 0.0584. The van der Waals surface area contributed by atoms with Crippen LogP contribution in [0.5, 0.6) is 17.2 Å². The molecule has 0 amide bonds. The van der Waals surface area contributed by atoms with Gasteiger partial charge in [0.2, 0.25) is 0 Å². The zero-order chi connectivity index (χ0) is 29.6. The van der Waals surface area contributed by atoms with Crippen molar-refractivity contribution in [3.63, 3.8) is 0 Å². The van der Waals surface area contributed by atoms with E-state index in [0.29, 0.717) is 30.1 Å². The van der Waals surface area contributed by atoms with E-state index in [2.05, 4.69) is 48.9 Å². The number of halogens is 1. The van der Waals surface area contributed by atoms with Crippen LogP contribution in [0.2, 0.25) is 0 Å². The number of phenolic OH excluding ortho intramolecular Hbond substituents is 1. The van der Waals surface area contributed by atoms with Crippen molar-refractivity contribution in [3.05, 3.63) is 82.7 Å².